The molecule has 1 aliphatic heterocycles. The third kappa shape index (κ3) is 4.66. The predicted octanol–water partition coefficient (Wildman–Crippen LogP) is 3.46. The minimum absolute atomic E-state index is 0.0480. The number of hydrogen-bond acceptors (Lipinski definition) is 6. The van der Waals surface area contributed by atoms with Crippen molar-refractivity contribution < 1.29 is 9.53 Å². The smallest absolute Gasteiger partial charge is 0.259 e. The number of benzene rings is 1. The molecule has 0 unspecified atom stereocenters. The summed E-state index contributed by atoms with van der Waals surface area (Å²) in [6, 6.07) is 16.0. The summed E-state index contributed by atoms with van der Waals surface area (Å²) in [5, 5.41) is 8.85. The number of ether oxygens (including phenoxy) is 1. The van der Waals surface area contributed by atoms with Crippen LogP contribution in [0, 0.1) is 0 Å². The lowest BCUT2D eigenvalue weighted by Crippen LogP contribution is -2.49. The summed E-state index contributed by atoms with van der Waals surface area (Å²) in [5.41, 5.74) is 3.74. The number of aryl methyl sites for hydroxylation is 1. The highest BCUT2D eigenvalue weighted by molar-refractivity contribution is 5.96. The van der Waals surface area contributed by atoms with Gasteiger partial charge in [-0.3, -0.25) is 4.79 Å². The Morgan fingerprint density at radius 2 is 1.74 bits per heavy atom. The molecule has 1 aliphatic rings. The molecule has 1 saturated heterocycles. The van der Waals surface area contributed by atoms with Gasteiger partial charge in [0.1, 0.15) is 5.56 Å². The molecule has 0 saturated carbocycles. The van der Waals surface area contributed by atoms with Gasteiger partial charge in [-0.15, -0.1) is 10.2 Å². The molecule has 7 heteroatoms. The maximum Gasteiger partial charge on any atom is 0.259 e. The molecule has 7 nitrogen and oxygen atoms in total. The van der Waals surface area contributed by atoms with Crippen LogP contribution in [0.5, 0.6) is 5.88 Å². The van der Waals surface area contributed by atoms with Crippen LogP contribution in [0.3, 0.4) is 0 Å². The van der Waals surface area contributed by atoms with Crippen molar-refractivity contribution in [3.8, 4) is 17.1 Å². The van der Waals surface area contributed by atoms with Gasteiger partial charge in [0.05, 0.1) is 12.3 Å². The first-order valence-corrected chi connectivity index (χ1v) is 10.7. The van der Waals surface area contributed by atoms with E-state index in [0.717, 1.165) is 23.5 Å². The molecule has 1 amide bonds. The molecule has 0 aliphatic carbocycles. The molecule has 1 aromatic carbocycles. The van der Waals surface area contributed by atoms with Crippen molar-refractivity contribution in [1.29, 1.82) is 0 Å². The van der Waals surface area contributed by atoms with E-state index in [2.05, 4.69) is 51.3 Å². The second kappa shape index (κ2) is 9.55. The minimum atomic E-state index is -0.0480. The van der Waals surface area contributed by atoms with Crippen LogP contribution in [0.2, 0.25) is 0 Å². The Morgan fingerprint density at radius 3 is 2.39 bits per heavy atom. The number of amides is 1. The molecule has 0 spiro atoms. The Kier molecular flexibility index (Phi) is 6.40. The van der Waals surface area contributed by atoms with Gasteiger partial charge in [-0.25, -0.2) is 4.98 Å². The highest BCUT2D eigenvalue weighted by Gasteiger charge is 2.25. The molecule has 4 rings (SSSR count). The zero-order chi connectivity index (χ0) is 21.6. The van der Waals surface area contributed by atoms with Crippen LogP contribution in [-0.2, 0) is 6.42 Å². The number of hydrogen-bond donors (Lipinski definition) is 0. The van der Waals surface area contributed by atoms with E-state index in [9.17, 15) is 4.79 Å². The van der Waals surface area contributed by atoms with E-state index < -0.39 is 0 Å². The molecule has 0 radical (unpaired) electrons. The lowest BCUT2D eigenvalue weighted by molar-refractivity contribution is 0.0741. The minimum Gasteiger partial charge on any atom is -0.477 e. The first-order valence-electron chi connectivity index (χ1n) is 10.7. The van der Waals surface area contributed by atoms with Gasteiger partial charge in [0.25, 0.3) is 5.91 Å². The zero-order valence-electron chi connectivity index (χ0n) is 18.0. The average molecular weight is 418 g/mol. The molecule has 1 fully saturated rings. The third-order valence-corrected chi connectivity index (χ3v) is 5.48. The van der Waals surface area contributed by atoms with E-state index in [1.807, 2.05) is 24.0 Å². The number of anilines is 1. The summed E-state index contributed by atoms with van der Waals surface area (Å²) in [7, 11) is 0. The quantitative estimate of drug-likeness (QED) is 0.612. The zero-order valence-corrected chi connectivity index (χ0v) is 18.0. The lowest BCUT2D eigenvalue weighted by Gasteiger charge is -2.35. The second-order valence-electron chi connectivity index (χ2n) is 7.40. The normalized spacial score (nSPS) is 13.9. The number of piperazine rings is 1. The van der Waals surface area contributed by atoms with Crippen molar-refractivity contribution in [2.45, 2.75) is 20.3 Å². The fourth-order valence-corrected chi connectivity index (χ4v) is 3.67. The van der Waals surface area contributed by atoms with Gasteiger partial charge in [0.15, 0.2) is 5.82 Å². The molecule has 160 valence electrons. The predicted molar refractivity (Wildman–Crippen MR) is 120 cm³/mol. The first kappa shape index (κ1) is 20.8. The fraction of sp³-hybridized carbons (Fsp3) is 0.333. The Balaban J connectivity index is 1.39. The number of aromatic nitrogens is 3. The maximum atomic E-state index is 12.9. The topological polar surface area (TPSA) is 71.5 Å². The molecular weight excluding hydrogens is 390 g/mol. The van der Waals surface area contributed by atoms with Crippen molar-refractivity contribution in [1.82, 2.24) is 20.1 Å². The number of pyridine rings is 1. The second-order valence-corrected chi connectivity index (χ2v) is 7.40. The van der Waals surface area contributed by atoms with Gasteiger partial charge in [0, 0.05) is 37.9 Å². The molecule has 2 aromatic heterocycles. The molecule has 0 bridgehead atoms. The number of nitrogens with zero attached hydrogens (tertiary/aromatic N) is 5. The van der Waals surface area contributed by atoms with Crippen LogP contribution in [0.4, 0.5) is 5.82 Å². The van der Waals surface area contributed by atoms with Crippen LogP contribution in [0.15, 0.2) is 54.7 Å². The van der Waals surface area contributed by atoms with E-state index in [0.29, 0.717) is 44.2 Å². The molecule has 3 aromatic rings. The maximum absolute atomic E-state index is 12.9. The van der Waals surface area contributed by atoms with E-state index in [-0.39, 0.29) is 5.91 Å². The fourth-order valence-electron chi connectivity index (χ4n) is 3.67. The number of carbonyl (C=O) groups excluding carboxylic acids is 1. The Labute approximate surface area is 182 Å². The van der Waals surface area contributed by atoms with Gasteiger partial charge < -0.3 is 14.5 Å². The first-order chi connectivity index (χ1) is 15.2. The largest absolute Gasteiger partial charge is 0.477 e. The van der Waals surface area contributed by atoms with Gasteiger partial charge in [-0.1, -0.05) is 31.2 Å². The Morgan fingerprint density at radius 1 is 0.968 bits per heavy atom. The van der Waals surface area contributed by atoms with Crippen molar-refractivity contribution in [3.63, 3.8) is 0 Å². The average Bonchev–Trinajstić information content (AvgIpc) is 2.84. The Bertz CT molecular complexity index is 1010. The Hall–Kier alpha value is -3.48. The van der Waals surface area contributed by atoms with E-state index in [1.165, 1.54) is 5.56 Å². The summed E-state index contributed by atoms with van der Waals surface area (Å²) in [5.74, 6) is 1.18. The van der Waals surface area contributed by atoms with Crippen LogP contribution >= 0.6 is 0 Å². The highest BCUT2D eigenvalue weighted by atomic mass is 16.5. The number of rotatable bonds is 6. The summed E-state index contributed by atoms with van der Waals surface area (Å²) in [4.78, 5) is 21.1. The van der Waals surface area contributed by atoms with Crippen LogP contribution in [-0.4, -0.2) is 58.8 Å². The van der Waals surface area contributed by atoms with Crippen LogP contribution in [0.1, 0.15) is 29.8 Å². The SMILES string of the molecule is CCOc1ncccc1C(=O)N1CCN(c2ccc(-c3ccc(CC)cc3)nn2)CC1. The van der Waals surface area contributed by atoms with Crippen molar-refractivity contribution in [2.24, 2.45) is 0 Å². The van der Waals surface area contributed by atoms with Crippen molar-refractivity contribution >= 4 is 11.7 Å². The highest BCUT2D eigenvalue weighted by Crippen LogP contribution is 2.22. The lowest BCUT2D eigenvalue weighted by atomic mass is 10.1. The van der Waals surface area contributed by atoms with Gasteiger partial charge in [-0.05, 0) is 43.2 Å². The van der Waals surface area contributed by atoms with Crippen LogP contribution in [0.25, 0.3) is 11.3 Å². The van der Waals surface area contributed by atoms with E-state index in [4.69, 9.17) is 4.74 Å². The van der Waals surface area contributed by atoms with Crippen LogP contribution < -0.4 is 9.64 Å². The molecule has 0 atom stereocenters. The van der Waals surface area contributed by atoms with E-state index in [1.54, 1.807) is 18.3 Å². The summed E-state index contributed by atoms with van der Waals surface area (Å²) in [6.45, 7) is 7.13. The standard InChI is InChI=1S/C24H27N5O2/c1-3-18-7-9-19(10-8-18)21-11-12-22(27-26-21)28-14-16-29(17-15-28)24(30)20-6-5-13-25-23(20)31-4-2/h5-13H,3-4,14-17H2,1-2H3. The third-order valence-electron chi connectivity index (χ3n) is 5.48. The van der Waals surface area contributed by atoms with Gasteiger partial charge >= 0.3 is 0 Å². The summed E-state index contributed by atoms with van der Waals surface area (Å²) >= 11 is 0. The summed E-state index contributed by atoms with van der Waals surface area (Å²) in [6.07, 6.45) is 2.66. The van der Waals surface area contributed by atoms with Gasteiger partial charge in [-0.2, -0.15) is 0 Å². The number of carbonyl (C=O) groups is 1. The molecule has 3 heterocycles. The monoisotopic (exact) mass is 417 g/mol. The summed E-state index contributed by atoms with van der Waals surface area (Å²) < 4.78 is 5.51. The van der Waals surface area contributed by atoms with Gasteiger partial charge in [0.2, 0.25) is 5.88 Å². The van der Waals surface area contributed by atoms with E-state index >= 15 is 0 Å². The molecule has 31 heavy (non-hydrogen) atoms. The van der Waals surface area contributed by atoms with Crippen molar-refractivity contribution in [2.75, 3.05) is 37.7 Å². The van der Waals surface area contributed by atoms with Crippen molar-refractivity contribution in [3.05, 3.63) is 65.9 Å². The molecular formula is C24H27N5O2. The molecule has 0 N–H and O–H groups in total.